The maximum atomic E-state index is 12.5. The van der Waals surface area contributed by atoms with Gasteiger partial charge in [-0.3, -0.25) is 4.79 Å². The van der Waals surface area contributed by atoms with Gasteiger partial charge in [-0.15, -0.1) is 11.3 Å². The van der Waals surface area contributed by atoms with Crippen LogP contribution in [0.25, 0.3) is 11.3 Å². The molecule has 5 nitrogen and oxygen atoms in total. The molecule has 6 heteroatoms. The first-order valence-electron chi connectivity index (χ1n) is 11.4. The number of benzene rings is 1. The van der Waals surface area contributed by atoms with Crippen LogP contribution in [0.4, 0.5) is 0 Å². The van der Waals surface area contributed by atoms with Gasteiger partial charge in [-0.1, -0.05) is 56.3 Å². The zero-order chi connectivity index (χ0) is 22.6. The number of nitrogens with one attached hydrogen (secondary N) is 2. The van der Waals surface area contributed by atoms with E-state index in [-0.39, 0.29) is 11.3 Å². The van der Waals surface area contributed by atoms with Gasteiger partial charge in [0, 0.05) is 22.9 Å². The molecular formula is C26H33N3O2S. The molecule has 0 saturated carbocycles. The van der Waals surface area contributed by atoms with Gasteiger partial charge in [0.1, 0.15) is 0 Å². The SMILES string of the molecule is CC(C)(C)c1ccc(-c2cc(C[C@@H]3CNCC[C@H]3CC(=O)NCc3cccs3)no2)cc1. The van der Waals surface area contributed by atoms with Crippen LogP contribution in [-0.2, 0) is 23.2 Å². The first-order valence-corrected chi connectivity index (χ1v) is 12.3. The third kappa shape index (κ3) is 5.87. The highest BCUT2D eigenvalue weighted by molar-refractivity contribution is 7.09. The van der Waals surface area contributed by atoms with Crippen molar-refractivity contribution in [3.05, 3.63) is 64.0 Å². The molecule has 2 atom stereocenters. The number of carbonyl (C=O) groups excluding carboxylic acids is 1. The van der Waals surface area contributed by atoms with Gasteiger partial charge in [-0.25, -0.2) is 0 Å². The second-order valence-electron chi connectivity index (χ2n) is 9.79. The van der Waals surface area contributed by atoms with Crippen LogP contribution in [0.2, 0.25) is 0 Å². The molecule has 32 heavy (non-hydrogen) atoms. The number of carbonyl (C=O) groups is 1. The number of hydrogen-bond donors (Lipinski definition) is 2. The molecule has 1 amide bonds. The summed E-state index contributed by atoms with van der Waals surface area (Å²) in [5, 5.41) is 12.9. The monoisotopic (exact) mass is 451 g/mol. The molecule has 4 rings (SSSR count). The van der Waals surface area contributed by atoms with Crippen LogP contribution in [0, 0.1) is 11.8 Å². The minimum absolute atomic E-state index is 0.129. The number of amides is 1. The fourth-order valence-electron chi connectivity index (χ4n) is 4.34. The van der Waals surface area contributed by atoms with Crippen molar-refractivity contribution in [2.24, 2.45) is 11.8 Å². The predicted octanol–water partition coefficient (Wildman–Crippen LogP) is 5.18. The molecule has 1 aromatic carbocycles. The number of aromatic nitrogens is 1. The zero-order valence-electron chi connectivity index (χ0n) is 19.2. The molecule has 0 spiro atoms. The molecule has 2 aromatic heterocycles. The Labute approximate surface area is 194 Å². The minimum atomic E-state index is 0.129. The number of piperidine rings is 1. The molecular weight excluding hydrogens is 418 g/mol. The lowest BCUT2D eigenvalue weighted by atomic mass is 9.81. The van der Waals surface area contributed by atoms with Crippen LogP contribution in [0.3, 0.4) is 0 Å². The second kappa shape index (κ2) is 10.0. The Morgan fingerprint density at radius 3 is 2.75 bits per heavy atom. The molecule has 170 valence electrons. The summed E-state index contributed by atoms with van der Waals surface area (Å²) >= 11 is 1.67. The number of rotatable bonds is 7. The van der Waals surface area contributed by atoms with E-state index in [4.69, 9.17) is 4.52 Å². The van der Waals surface area contributed by atoms with Crippen LogP contribution < -0.4 is 10.6 Å². The Morgan fingerprint density at radius 1 is 1.22 bits per heavy atom. The van der Waals surface area contributed by atoms with Crippen LogP contribution in [0.15, 0.2) is 52.4 Å². The highest BCUT2D eigenvalue weighted by Gasteiger charge is 2.28. The van der Waals surface area contributed by atoms with Gasteiger partial charge >= 0.3 is 0 Å². The zero-order valence-corrected chi connectivity index (χ0v) is 20.0. The lowest BCUT2D eigenvalue weighted by molar-refractivity contribution is -0.122. The van der Waals surface area contributed by atoms with Gasteiger partial charge < -0.3 is 15.2 Å². The molecule has 0 radical (unpaired) electrons. The molecule has 0 aliphatic carbocycles. The third-order valence-corrected chi connectivity index (χ3v) is 7.19. The molecule has 1 aliphatic rings. The van der Waals surface area contributed by atoms with Gasteiger partial charge in [-0.2, -0.15) is 0 Å². The fraction of sp³-hybridized carbons (Fsp3) is 0.462. The Bertz CT molecular complexity index is 1000. The molecule has 3 heterocycles. The predicted molar refractivity (Wildman–Crippen MR) is 130 cm³/mol. The van der Waals surface area contributed by atoms with Crippen molar-refractivity contribution < 1.29 is 9.32 Å². The summed E-state index contributed by atoms with van der Waals surface area (Å²) in [7, 11) is 0. The average molecular weight is 452 g/mol. The van der Waals surface area contributed by atoms with Gasteiger partial charge in [0.15, 0.2) is 5.76 Å². The van der Waals surface area contributed by atoms with E-state index in [2.05, 4.69) is 73.0 Å². The van der Waals surface area contributed by atoms with Crippen molar-refractivity contribution in [1.29, 1.82) is 0 Å². The summed E-state index contributed by atoms with van der Waals surface area (Å²) in [6.45, 7) is 9.13. The first kappa shape index (κ1) is 22.7. The Morgan fingerprint density at radius 2 is 2.03 bits per heavy atom. The number of hydrogen-bond acceptors (Lipinski definition) is 5. The van der Waals surface area contributed by atoms with E-state index in [0.717, 1.165) is 42.9 Å². The van der Waals surface area contributed by atoms with Crippen molar-refractivity contribution in [2.75, 3.05) is 13.1 Å². The van der Waals surface area contributed by atoms with Gasteiger partial charge in [0.2, 0.25) is 5.91 Å². The van der Waals surface area contributed by atoms with Crippen molar-refractivity contribution in [3.8, 4) is 11.3 Å². The summed E-state index contributed by atoms with van der Waals surface area (Å²) in [4.78, 5) is 13.7. The highest BCUT2D eigenvalue weighted by atomic mass is 32.1. The molecule has 2 N–H and O–H groups in total. The lowest BCUT2D eigenvalue weighted by Crippen LogP contribution is -2.40. The van der Waals surface area contributed by atoms with Crippen LogP contribution >= 0.6 is 11.3 Å². The lowest BCUT2D eigenvalue weighted by Gasteiger charge is -2.31. The van der Waals surface area contributed by atoms with E-state index in [1.165, 1.54) is 10.4 Å². The topological polar surface area (TPSA) is 67.2 Å². The molecule has 1 fully saturated rings. The van der Waals surface area contributed by atoms with E-state index < -0.39 is 0 Å². The van der Waals surface area contributed by atoms with E-state index >= 15 is 0 Å². The van der Waals surface area contributed by atoms with Crippen molar-refractivity contribution >= 4 is 17.2 Å². The molecule has 1 saturated heterocycles. The second-order valence-corrected chi connectivity index (χ2v) is 10.8. The van der Waals surface area contributed by atoms with Crippen LogP contribution in [-0.4, -0.2) is 24.2 Å². The number of nitrogens with zero attached hydrogens (tertiary/aromatic N) is 1. The molecule has 3 aromatic rings. The Hall–Kier alpha value is -2.44. The first-order chi connectivity index (χ1) is 15.4. The van der Waals surface area contributed by atoms with E-state index in [1.54, 1.807) is 11.3 Å². The normalized spacial score (nSPS) is 19.1. The smallest absolute Gasteiger partial charge is 0.220 e. The third-order valence-electron chi connectivity index (χ3n) is 6.32. The van der Waals surface area contributed by atoms with Crippen molar-refractivity contribution in [1.82, 2.24) is 15.8 Å². The quantitative estimate of drug-likeness (QED) is 0.520. The van der Waals surface area contributed by atoms with Gasteiger partial charge in [0.05, 0.1) is 12.2 Å². The van der Waals surface area contributed by atoms with E-state index in [9.17, 15) is 4.79 Å². The van der Waals surface area contributed by atoms with Crippen LogP contribution in [0.5, 0.6) is 0 Å². The standard InChI is InChI=1S/C26H33N3O2S/c1-26(2,3)21-8-6-18(7-9-21)24-15-22(29-31-24)13-20-16-27-11-10-19(20)14-25(30)28-17-23-5-4-12-32-23/h4-9,12,15,19-20,27H,10-11,13-14,16-17H2,1-3H3,(H,28,30)/t19-,20+/m0/s1. The molecule has 0 unspecified atom stereocenters. The van der Waals surface area contributed by atoms with E-state index in [0.29, 0.717) is 24.8 Å². The fourth-order valence-corrected chi connectivity index (χ4v) is 4.99. The summed E-state index contributed by atoms with van der Waals surface area (Å²) in [5.74, 6) is 1.66. The largest absolute Gasteiger partial charge is 0.356 e. The minimum Gasteiger partial charge on any atom is -0.356 e. The van der Waals surface area contributed by atoms with Crippen molar-refractivity contribution in [2.45, 2.75) is 52.0 Å². The maximum Gasteiger partial charge on any atom is 0.220 e. The number of thiophene rings is 1. The maximum absolute atomic E-state index is 12.5. The summed E-state index contributed by atoms with van der Waals surface area (Å²) in [6.07, 6.45) is 2.40. The molecule has 0 bridgehead atoms. The Balaban J connectivity index is 1.36. The van der Waals surface area contributed by atoms with Gasteiger partial charge in [0.25, 0.3) is 0 Å². The molecule has 1 aliphatic heterocycles. The van der Waals surface area contributed by atoms with Gasteiger partial charge in [-0.05, 0) is 60.2 Å². The van der Waals surface area contributed by atoms with Crippen molar-refractivity contribution in [3.63, 3.8) is 0 Å². The highest BCUT2D eigenvalue weighted by Crippen LogP contribution is 2.29. The van der Waals surface area contributed by atoms with Crippen LogP contribution in [0.1, 0.15) is 49.7 Å². The van der Waals surface area contributed by atoms with E-state index in [1.807, 2.05) is 11.4 Å². The Kier molecular flexibility index (Phi) is 7.11. The summed E-state index contributed by atoms with van der Waals surface area (Å²) in [6, 6.07) is 14.6. The summed E-state index contributed by atoms with van der Waals surface area (Å²) < 4.78 is 5.67. The average Bonchev–Trinajstić information content (AvgIpc) is 3.45. The summed E-state index contributed by atoms with van der Waals surface area (Å²) in [5.41, 5.74) is 3.43.